The van der Waals surface area contributed by atoms with Crippen molar-refractivity contribution in [3.05, 3.63) is 54.5 Å². The quantitative estimate of drug-likeness (QED) is 0.866. The zero-order valence-corrected chi connectivity index (χ0v) is 11.7. The molecule has 5 heteroatoms. The Morgan fingerprint density at radius 2 is 1.86 bits per heavy atom. The van der Waals surface area contributed by atoms with Crippen molar-refractivity contribution < 1.29 is 9.53 Å². The molecule has 1 aliphatic rings. The fourth-order valence-electron chi connectivity index (χ4n) is 2.44. The first-order valence-electron chi connectivity index (χ1n) is 7.10. The number of piperidine rings is 1. The molecule has 0 aromatic carbocycles. The van der Waals surface area contributed by atoms with E-state index in [9.17, 15) is 4.79 Å². The van der Waals surface area contributed by atoms with Crippen LogP contribution in [0, 0.1) is 0 Å². The molecule has 0 bridgehead atoms. The Morgan fingerprint density at radius 3 is 2.52 bits per heavy atom. The van der Waals surface area contributed by atoms with Gasteiger partial charge < -0.3 is 9.64 Å². The van der Waals surface area contributed by atoms with Gasteiger partial charge >= 0.3 is 0 Å². The van der Waals surface area contributed by atoms with Crippen molar-refractivity contribution in [3.63, 3.8) is 0 Å². The van der Waals surface area contributed by atoms with Gasteiger partial charge in [-0.05, 0) is 18.2 Å². The molecule has 3 heterocycles. The van der Waals surface area contributed by atoms with E-state index in [4.69, 9.17) is 4.74 Å². The number of rotatable bonds is 3. The lowest BCUT2D eigenvalue weighted by Crippen LogP contribution is -2.41. The molecule has 0 radical (unpaired) electrons. The van der Waals surface area contributed by atoms with Crippen molar-refractivity contribution in [3.8, 4) is 5.88 Å². The van der Waals surface area contributed by atoms with Crippen LogP contribution >= 0.6 is 0 Å². The third-order valence-electron chi connectivity index (χ3n) is 3.58. The third-order valence-corrected chi connectivity index (χ3v) is 3.58. The number of hydrogen-bond acceptors (Lipinski definition) is 4. The van der Waals surface area contributed by atoms with E-state index in [-0.39, 0.29) is 12.0 Å². The number of carbonyl (C=O) groups excluding carboxylic acids is 1. The SMILES string of the molecule is O=C(c1ccncc1)N1CCC(Oc2ccccn2)CC1. The summed E-state index contributed by atoms with van der Waals surface area (Å²) in [7, 11) is 0. The van der Waals surface area contributed by atoms with Crippen LogP contribution in [0.5, 0.6) is 5.88 Å². The number of likely N-dealkylation sites (tertiary alicyclic amines) is 1. The molecule has 108 valence electrons. The Morgan fingerprint density at radius 1 is 1.10 bits per heavy atom. The van der Waals surface area contributed by atoms with E-state index >= 15 is 0 Å². The molecule has 1 saturated heterocycles. The summed E-state index contributed by atoms with van der Waals surface area (Å²) >= 11 is 0. The predicted octanol–water partition coefficient (Wildman–Crippen LogP) is 2.16. The summed E-state index contributed by atoms with van der Waals surface area (Å²) in [6.45, 7) is 1.41. The molecule has 1 fully saturated rings. The topological polar surface area (TPSA) is 55.3 Å². The number of amides is 1. The van der Waals surface area contributed by atoms with Crippen LogP contribution in [-0.2, 0) is 0 Å². The summed E-state index contributed by atoms with van der Waals surface area (Å²) in [5.41, 5.74) is 0.689. The number of hydrogen-bond donors (Lipinski definition) is 0. The molecule has 5 nitrogen and oxygen atoms in total. The van der Waals surface area contributed by atoms with Crippen LogP contribution in [0.2, 0.25) is 0 Å². The molecule has 2 aromatic heterocycles. The van der Waals surface area contributed by atoms with Gasteiger partial charge in [-0.2, -0.15) is 0 Å². The molecule has 0 unspecified atom stereocenters. The second kappa shape index (κ2) is 6.35. The maximum atomic E-state index is 12.3. The van der Waals surface area contributed by atoms with E-state index in [1.165, 1.54) is 0 Å². The minimum atomic E-state index is 0.0636. The highest BCUT2D eigenvalue weighted by Gasteiger charge is 2.24. The van der Waals surface area contributed by atoms with Crippen LogP contribution in [0.3, 0.4) is 0 Å². The molecule has 0 N–H and O–H groups in total. The third kappa shape index (κ3) is 3.37. The Hall–Kier alpha value is -2.43. The zero-order chi connectivity index (χ0) is 14.5. The summed E-state index contributed by atoms with van der Waals surface area (Å²) < 4.78 is 5.83. The zero-order valence-electron chi connectivity index (χ0n) is 11.7. The smallest absolute Gasteiger partial charge is 0.253 e. The van der Waals surface area contributed by atoms with Crippen LogP contribution in [0.4, 0.5) is 0 Å². The first-order valence-corrected chi connectivity index (χ1v) is 7.10. The van der Waals surface area contributed by atoms with E-state index in [1.54, 1.807) is 30.7 Å². The van der Waals surface area contributed by atoms with E-state index in [0.29, 0.717) is 24.5 Å². The average molecular weight is 283 g/mol. The Balaban J connectivity index is 1.54. The summed E-state index contributed by atoms with van der Waals surface area (Å²) in [5, 5.41) is 0. The van der Waals surface area contributed by atoms with Crippen molar-refractivity contribution in [2.45, 2.75) is 18.9 Å². The second-order valence-electron chi connectivity index (χ2n) is 5.01. The maximum absolute atomic E-state index is 12.3. The first-order chi connectivity index (χ1) is 10.3. The molecular weight excluding hydrogens is 266 g/mol. The van der Waals surface area contributed by atoms with E-state index < -0.39 is 0 Å². The van der Waals surface area contributed by atoms with Crippen molar-refractivity contribution in [1.82, 2.24) is 14.9 Å². The fourth-order valence-corrected chi connectivity index (χ4v) is 2.44. The summed E-state index contributed by atoms with van der Waals surface area (Å²) in [5.74, 6) is 0.713. The Kier molecular flexibility index (Phi) is 4.09. The van der Waals surface area contributed by atoms with Gasteiger partial charge in [0.25, 0.3) is 5.91 Å². The lowest BCUT2D eigenvalue weighted by atomic mass is 10.1. The Labute approximate surface area is 123 Å². The number of pyridine rings is 2. The molecule has 1 aliphatic heterocycles. The van der Waals surface area contributed by atoms with E-state index in [0.717, 1.165) is 12.8 Å². The van der Waals surface area contributed by atoms with Gasteiger partial charge in [-0.3, -0.25) is 9.78 Å². The second-order valence-corrected chi connectivity index (χ2v) is 5.01. The minimum Gasteiger partial charge on any atom is -0.474 e. The molecular formula is C16H17N3O2. The van der Waals surface area contributed by atoms with Gasteiger partial charge in [0.05, 0.1) is 0 Å². The predicted molar refractivity (Wildman–Crippen MR) is 78.0 cm³/mol. The molecule has 0 aliphatic carbocycles. The van der Waals surface area contributed by atoms with E-state index in [2.05, 4.69) is 9.97 Å². The molecule has 2 aromatic rings. The molecule has 0 spiro atoms. The maximum Gasteiger partial charge on any atom is 0.253 e. The van der Waals surface area contributed by atoms with Crippen LogP contribution < -0.4 is 4.74 Å². The highest BCUT2D eigenvalue weighted by Crippen LogP contribution is 2.18. The summed E-state index contributed by atoms with van der Waals surface area (Å²) in [4.78, 5) is 22.3. The monoisotopic (exact) mass is 283 g/mol. The van der Waals surface area contributed by atoms with Crippen molar-refractivity contribution in [2.24, 2.45) is 0 Å². The van der Waals surface area contributed by atoms with Gasteiger partial charge in [0.1, 0.15) is 6.10 Å². The van der Waals surface area contributed by atoms with Gasteiger partial charge in [0.2, 0.25) is 5.88 Å². The molecule has 21 heavy (non-hydrogen) atoms. The minimum absolute atomic E-state index is 0.0636. The highest BCUT2D eigenvalue weighted by molar-refractivity contribution is 5.94. The average Bonchev–Trinajstić information content (AvgIpc) is 2.57. The summed E-state index contributed by atoms with van der Waals surface area (Å²) in [6, 6.07) is 9.12. The normalized spacial score (nSPS) is 15.7. The molecule has 1 amide bonds. The van der Waals surface area contributed by atoms with Crippen LogP contribution in [0.1, 0.15) is 23.2 Å². The van der Waals surface area contributed by atoms with E-state index in [1.807, 2.05) is 23.1 Å². The van der Waals surface area contributed by atoms with Gasteiger partial charge in [-0.25, -0.2) is 4.98 Å². The number of aromatic nitrogens is 2. The lowest BCUT2D eigenvalue weighted by Gasteiger charge is -2.32. The number of nitrogens with zero attached hydrogens (tertiary/aromatic N) is 3. The number of carbonyl (C=O) groups is 1. The van der Waals surface area contributed by atoms with Gasteiger partial charge in [0.15, 0.2) is 0 Å². The molecule has 0 atom stereocenters. The highest BCUT2D eigenvalue weighted by atomic mass is 16.5. The van der Waals surface area contributed by atoms with Gasteiger partial charge in [-0.1, -0.05) is 6.07 Å². The Bertz CT molecular complexity index is 581. The summed E-state index contributed by atoms with van der Waals surface area (Å²) in [6.07, 6.45) is 6.79. The molecule has 0 saturated carbocycles. The van der Waals surface area contributed by atoms with Crippen LogP contribution in [0.25, 0.3) is 0 Å². The van der Waals surface area contributed by atoms with Gasteiger partial charge in [0, 0.05) is 56.2 Å². The van der Waals surface area contributed by atoms with Crippen LogP contribution in [-0.4, -0.2) is 40.0 Å². The fraction of sp³-hybridized carbons (Fsp3) is 0.312. The lowest BCUT2D eigenvalue weighted by molar-refractivity contribution is 0.0588. The van der Waals surface area contributed by atoms with Crippen molar-refractivity contribution in [2.75, 3.05) is 13.1 Å². The first kappa shape index (κ1) is 13.5. The van der Waals surface area contributed by atoms with Crippen molar-refractivity contribution in [1.29, 1.82) is 0 Å². The van der Waals surface area contributed by atoms with Gasteiger partial charge in [-0.15, -0.1) is 0 Å². The molecule has 3 rings (SSSR count). The van der Waals surface area contributed by atoms with Crippen molar-refractivity contribution >= 4 is 5.91 Å². The largest absolute Gasteiger partial charge is 0.474 e. The number of ether oxygens (including phenoxy) is 1. The van der Waals surface area contributed by atoms with Crippen LogP contribution in [0.15, 0.2) is 48.9 Å². The standard InChI is InChI=1S/C16H17N3O2/c20-16(13-4-9-17-10-5-13)19-11-6-14(7-12-19)21-15-3-1-2-8-18-15/h1-5,8-10,14H,6-7,11-12H2.